The van der Waals surface area contributed by atoms with E-state index >= 15 is 0 Å². The SMILES string of the molecule is C[Si](C)(C)CCOCn1ccc2c(-c3cnn(C4(CC#N)CN([C@H]5CC[C@@H](Oc6cc(COS(C)(=O)=O)cc(C(F)(F)F)n6)CC5)C4)c3)ncnc21. The third-order valence-corrected chi connectivity index (χ3v) is 11.8. The molecule has 280 valence electrons. The minimum Gasteiger partial charge on any atom is -0.474 e. The fourth-order valence-corrected chi connectivity index (χ4v) is 7.87. The van der Waals surface area contributed by atoms with Gasteiger partial charge in [0.2, 0.25) is 5.88 Å². The van der Waals surface area contributed by atoms with Gasteiger partial charge in [0, 0.05) is 63.2 Å². The predicted molar refractivity (Wildman–Crippen MR) is 188 cm³/mol. The number of nitriles is 1. The highest BCUT2D eigenvalue weighted by molar-refractivity contribution is 7.85. The summed E-state index contributed by atoms with van der Waals surface area (Å²) in [6, 6.07) is 7.66. The smallest absolute Gasteiger partial charge is 0.433 e. The summed E-state index contributed by atoms with van der Waals surface area (Å²) in [5.41, 5.74) is 0.665. The standard InChI is InChI=1S/C34H43F3N8O5SSi/c1-51(46,47)49-19-24-15-29(34(35,36)37)42-30(16-24)50-27-7-5-26(6-8-27)44-20-33(21-44,10-11-38)45-18-25(17-41-45)31-28-9-12-43(32(28)40-22-39-31)23-48-13-14-52(2,3)4/h9,12,15-18,22,26-27H,5-8,10,13-14,19-21,23H2,1-4H3/t26-,27+. The van der Waals surface area contributed by atoms with E-state index in [1.54, 1.807) is 12.5 Å². The highest BCUT2D eigenvalue weighted by Crippen LogP contribution is 2.39. The Morgan fingerprint density at radius 2 is 1.87 bits per heavy atom. The molecule has 0 unspecified atom stereocenters. The van der Waals surface area contributed by atoms with Gasteiger partial charge in [-0.15, -0.1) is 0 Å². The summed E-state index contributed by atoms with van der Waals surface area (Å²) in [4.78, 5) is 15.1. The van der Waals surface area contributed by atoms with E-state index in [1.165, 1.54) is 6.07 Å². The number of ether oxygens (including phenoxy) is 2. The van der Waals surface area contributed by atoms with Crippen LogP contribution in [0, 0.1) is 11.3 Å². The van der Waals surface area contributed by atoms with Gasteiger partial charge in [0.15, 0.2) is 0 Å². The van der Waals surface area contributed by atoms with Gasteiger partial charge in [0.05, 0.1) is 37.2 Å². The van der Waals surface area contributed by atoms with Crippen molar-refractivity contribution in [3.8, 4) is 23.2 Å². The number of likely N-dealkylation sites (tertiary alicyclic amines) is 1. The number of pyridine rings is 1. The molecule has 5 heterocycles. The number of fused-ring (bicyclic) bond motifs is 1. The topological polar surface area (TPSA) is 150 Å². The van der Waals surface area contributed by atoms with Crippen molar-refractivity contribution in [1.82, 2.24) is 34.2 Å². The normalized spacial score (nSPS) is 19.7. The summed E-state index contributed by atoms with van der Waals surface area (Å²) in [6.07, 6.45) is 5.90. The molecule has 1 saturated heterocycles. The fourth-order valence-electron chi connectivity index (χ4n) is 6.76. The van der Waals surface area contributed by atoms with Crippen molar-refractivity contribution in [2.24, 2.45) is 0 Å². The minimum atomic E-state index is -4.74. The Bertz CT molecular complexity index is 2030. The first kappa shape index (κ1) is 37.9. The summed E-state index contributed by atoms with van der Waals surface area (Å²) in [5, 5.41) is 15.4. The van der Waals surface area contributed by atoms with Crippen molar-refractivity contribution in [3.63, 3.8) is 0 Å². The van der Waals surface area contributed by atoms with E-state index in [-0.39, 0.29) is 30.0 Å². The van der Waals surface area contributed by atoms with Crippen LogP contribution in [0.5, 0.6) is 5.88 Å². The third kappa shape index (κ3) is 9.00. The molecule has 1 aliphatic carbocycles. The lowest BCUT2D eigenvalue weighted by Gasteiger charge is -2.53. The van der Waals surface area contributed by atoms with Crippen LogP contribution in [0.25, 0.3) is 22.3 Å². The van der Waals surface area contributed by atoms with Gasteiger partial charge in [0.1, 0.15) is 36.0 Å². The molecule has 0 N–H and O–H groups in total. The van der Waals surface area contributed by atoms with Crippen LogP contribution in [0.3, 0.4) is 0 Å². The quantitative estimate of drug-likeness (QED) is 0.0871. The van der Waals surface area contributed by atoms with Gasteiger partial charge in [-0.2, -0.15) is 31.9 Å². The Labute approximate surface area is 301 Å². The summed E-state index contributed by atoms with van der Waals surface area (Å²) in [6.45, 7) is 8.76. The number of hydrogen-bond donors (Lipinski definition) is 0. The summed E-state index contributed by atoms with van der Waals surface area (Å²) in [5.74, 6) is -0.222. The van der Waals surface area contributed by atoms with Crippen molar-refractivity contribution in [1.29, 1.82) is 5.26 Å². The van der Waals surface area contributed by atoms with E-state index < -0.39 is 42.2 Å². The minimum absolute atomic E-state index is 0.00652. The molecular formula is C34H43F3N8O5SSi. The second-order valence-corrected chi connectivity index (χ2v) is 22.2. The number of aromatic nitrogens is 6. The molecular weight excluding hydrogens is 718 g/mol. The van der Waals surface area contributed by atoms with Crippen LogP contribution in [0.4, 0.5) is 13.2 Å². The molecule has 0 aromatic carbocycles. The average Bonchev–Trinajstić information content (AvgIpc) is 3.71. The first-order chi connectivity index (χ1) is 24.5. The molecule has 2 aliphatic rings. The van der Waals surface area contributed by atoms with E-state index in [0.29, 0.717) is 39.3 Å². The summed E-state index contributed by atoms with van der Waals surface area (Å²) in [7, 11) is -5.05. The molecule has 0 bridgehead atoms. The number of hydrogen-bond acceptors (Lipinski definition) is 11. The number of halogens is 3. The zero-order valence-electron chi connectivity index (χ0n) is 29.6. The van der Waals surface area contributed by atoms with Gasteiger partial charge < -0.3 is 14.0 Å². The molecule has 4 aromatic rings. The zero-order chi connectivity index (χ0) is 37.3. The van der Waals surface area contributed by atoms with Crippen LogP contribution in [-0.4, -0.2) is 88.8 Å². The van der Waals surface area contributed by atoms with Gasteiger partial charge >= 0.3 is 6.18 Å². The van der Waals surface area contributed by atoms with Crippen LogP contribution >= 0.6 is 0 Å². The van der Waals surface area contributed by atoms with E-state index in [9.17, 15) is 26.9 Å². The Hall–Kier alpha value is -3.89. The second-order valence-electron chi connectivity index (χ2n) is 14.9. The average molecular weight is 761 g/mol. The van der Waals surface area contributed by atoms with Crippen LogP contribution in [0.15, 0.2) is 43.1 Å². The Kier molecular flexibility index (Phi) is 10.8. The molecule has 0 spiro atoms. The van der Waals surface area contributed by atoms with Gasteiger partial charge in [-0.25, -0.2) is 15.0 Å². The molecule has 4 aromatic heterocycles. The van der Waals surface area contributed by atoms with E-state index in [2.05, 4.69) is 45.6 Å². The molecule has 13 nitrogen and oxygen atoms in total. The van der Waals surface area contributed by atoms with Crippen LogP contribution in [0.1, 0.15) is 43.4 Å². The molecule has 18 heteroatoms. The maximum absolute atomic E-state index is 13.5. The van der Waals surface area contributed by atoms with Gasteiger partial charge in [0.25, 0.3) is 10.1 Å². The van der Waals surface area contributed by atoms with E-state index in [4.69, 9.17) is 18.8 Å². The summed E-state index contributed by atoms with van der Waals surface area (Å²) >= 11 is 0. The van der Waals surface area contributed by atoms with Crippen molar-refractivity contribution in [2.75, 3.05) is 26.0 Å². The highest BCUT2D eigenvalue weighted by atomic mass is 32.2. The van der Waals surface area contributed by atoms with Crippen molar-refractivity contribution in [3.05, 3.63) is 54.4 Å². The Morgan fingerprint density at radius 1 is 1.12 bits per heavy atom. The molecule has 1 aliphatic heterocycles. The first-order valence-electron chi connectivity index (χ1n) is 17.2. The maximum atomic E-state index is 13.5. The lowest BCUT2D eigenvalue weighted by Crippen LogP contribution is -2.65. The molecule has 0 amide bonds. The molecule has 0 radical (unpaired) electrons. The van der Waals surface area contributed by atoms with Crippen molar-refractivity contribution >= 4 is 29.2 Å². The molecule has 52 heavy (non-hydrogen) atoms. The van der Waals surface area contributed by atoms with Gasteiger partial charge in [-0.05, 0) is 49.4 Å². The number of rotatable bonds is 14. The fraction of sp³-hybridized carbons (Fsp3) is 0.559. The van der Waals surface area contributed by atoms with Gasteiger partial charge in [-0.1, -0.05) is 19.6 Å². The van der Waals surface area contributed by atoms with E-state index in [1.807, 2.05) is 27.7 Å². The predicted octanol–water partition coefficient (Wildman–Crippen LogP) is 5.81. The second kappa shape index (κ2) is 14.9. The van der Waals surface area contributed by atoms with Crippen LogP contribution in [0.2, 0.25) is 25.7 Å². The maximum Gasteiger partial charge on any atom is 0.433 e. The number of alkyl halides is 3. The van der Waals surface area contributed by atoms with Gasteiger partial charge in [-0.3, -0.25) is 13.8 Å². The largest absolute Gasteiger partial charge is 0.474 e. The Balaban J connectivity index is 1.07. The third-order valence-electron chi connectivity index (χ3n) is 9.57. The van der Waals surface area contributed by atoms with Crippen LogP contribution < -0.4 is 4.74 Å². The lowest BCUT2D eigenvalue weighted by atomic mass is 9.82. The highest BCUT2D eigenvalue weighted by Gasteiger charge is 2.48. The first-order valence-corrected chi connectivity index (χ1v) is 22.7. The molecule has 6 rings (SSSR count). The molecule has 2 fully saturated rings. The molecule has 1 saturated carbocycles. The van der Waals surface area contributed by atoms with Crippen LogP contribution in [-0.2, 0) is 44.1 Å². The Morgan fingerprint density at radius 3 is 2.54 bits per heavy atom. The zero-order valence-corrected chi connectivity index (χ0v) is 31.5. The summed E-state index contributed by atoms with van der Waals surface area (Å²) < 4.78 is 83.8. The lowest BCUT2D eigenvalue weighted by molar-refractivity contribution is -0.141. The van der Waals surface area contributed by atoms with E-state index in [0.717, 1.165) is 53.5 Å². The van der Waals surface area contributed by atoms with Crippen molar-refractivity contribution < 1.29 is 35.2 Å². The molecule has 0 atom stereocenters. The monoisotopic (exact) mass is 760 g/mol. The van der Waals surface area contributed by atoms with Crippen molar-refractivity contribution in [2.45, 2.75) is 95.0 Å². The number of nitrogens with zero attached hydrogens (tertiary/aromatic N) is 8.